The van der Waals surface area contributed by atoms with E-state index in [-0.39, 0.29) is 0 Å². The molecule has 0 aliphatic heterocycles. The normalized spacial score (nSPS) is 11.2. The van der Waals surface area contributed by atoms with Crippen LogP contribution in [0, 0.1) is 12.8 Å². The van der Waals surface area contributed by atoms with E-state index in [0.29, 0.717) is 5.92 Å². The quantitative estimate of drug-likeness (QED) is 0.865. The maximum absolute atomic E-state index is 4.25. The number of hydrogen-bond acceptors (Lipinski definition) is 3. The first-order valence-corrected chi connectivity index (χ1v) is 6.76. The maximum atomic E-state index is 4.25. The lowest BCUT2D eigenvalue weighted by atomic mass is 10.1. The maximum Gasteiger partial charge on any atom is 0.0951 e. The molecule has 0 spiro atoms. The van der Waals surface area contributed by atoms with E-state index >= 15 is 0 Å². The lowest BCUT2D eigenvalue weighted by molar-refractivity contribution is 0.539. The molecule has 0 atom stereocenters. The summed E-state index contributed by atoms with van der Waals surface area (Å²) >= 11 is 0. The van der Waals surface area contributed by atoms with Gasteiger partial charge in [0, 0.05) is 25.1 Å². The van der Waals surface area contributed by atoms with Gasteiger partial charge in [-0.25, -0.2) is 4.98 Å². The number of nitrogens with one attached hydrogen (secondary N) is 1. The molecule has 0 saturated carbocycles. The van der Waals surface area contributed by atoms with Gasteiger partial charge < -0.3 is 9.88 Å². The predicted octanol–water partition coefficient (Wildman–Crippen LogP) is 2.38. The molecule has 4 heteroatoms. The van der Waals surface area contributed by atoms with E-state index in [1.54, 1.807) is 0 Å². The van der Waals surface area contributed by atoms with Crippen molar-refractivity contribution in [2.24, 2.45) is 5.92 Å². The Labute approximate surface area is 114 Å². The van der Waals surface area contributed by atoms with Crippen LogP contribution in [0.15, 0.2) is 31.0 Å². The van der Waals surface area contributed by atoms with Crippen LogP contribution in [0.25, 0.3) is 0 Å². The number of hydrogen-bond donors (Lipinski definition) is 1. The molecule has 0 amide bonds. The van der Waals surface area contributed by atoms with Crippen molar-refractivity contribution in [2.45, 2.75) is 33.9 Å². The number of aryl methyl sites for hydroxylation is 1. The molecule has 2 heterocycles. The summed E-state index contributed by atoms with van der Waals surface area (Å²) in [6, 6.07) is 2.04. The Morgan fingerprint density at radius 2 is 2.11 bits per heavy atom. The van der Waals surface area contributed by atoms with Gasteiger partial charge in [-0.3, -0.25) is 4.98 Å². The van der Waals surface area contributed by atoms with Gasteiger partial charge >= 0.3 is 0 Å². The number of imidazole rings is 1. The molecule has 1 N–H and O–H groups in total. The average molecular weight is 258 g/mol. The molecule has 102 valence electrons. The van der Waals surface area contributed by atoms with Crippen LogP contribution in [-0.2, 0) is 13.1 Å². The van der Waals surface area contributed by atoms with E-state index in [1.165, 1.54) is 16.8 Å². The van der Waals surface area contributed by atoms with Crippen molar-refractivity contribution in [3.63, 3.8) is 0 Å². The van der Waals surface area contributed by atoms with E-state index in [9.17, 15) is 0 Å². The van der Waals surface area contributed by atoms with Crippen LogP contribution in [0.5, 0.6) is 0 Å². The fourth-order valence-electron chi connectivity index (χ4n) is 1.97. The molecule has 0 aromatic carbocycles. The second-order valence-corrected chi connectivity index (χ2v) is 5.34. The zero-order valence-electron chi connectivity index (χ0n) is 11.9. The van der Waals surface area contributed by atoms with Crippen molar-refractivity contribution in [3.05, 3.63) is 47.8 Å². The Bertz CT molecular complexity index is 516. The zero-order chi connectivity index (χ0) is 13.7. The molecule has 0 fully saturated rings. The molecule has 0 aliphatic carbocycles. The summed E-state index contributed by atoms with van der Waals surface area (Å²) in [4.78, 5) is 8.44. The monoisotopic (exact) mass is 258 g/mol. The van der Waals surface area contributed by atoms with Crippen molar-refractivity contribution < 1.29 is 0 Å². The first-order chi connectivity index (χ1) is 9.16. The van der Waals surface area contributed by atoms with Gasteiger partial charge in [0.15, 0.2) is 0 Å². The van der Waals surface area contributed by atoms with Crippen LogP contribution in [0.1, 0.15) is 30.7 Å². The molecular weight excluding hydrogens is 236 g/mol. The third kappa shape index (κ3) is 3.89. The van der Waals surface area contributed by atoms with Gasteiger partial charge in [0.25, 0.3) is 0 Å². The number of pyridine rings is 1. The standard InChI is InChI=1S/C15H22N4/c1-12(2)6-17-8-15-9-18-11-19(15)10-14-7-16-5-4-13(14)3/h4-5,7,9,11-12,17H,6,8,10H2,1-3H3. The second-order valence-electron chi connectivity index (χ2n) is 5.34. The van der Waals surface area contributed by atoms with Crippen molar-refractivity contribution in [1.82, 2.24) is 19.9 Å². The Morgan fingerprint density at radius 3 is 2.84 bits per heavy atom. The fourth-order valence-corrected chi connectivity index (χ4v) is 1.97. The Balaban J connectivity index is 2.01. The Kier molecular flexibility index (Phi) is 4.68. The first-order valence-electron chi connectivity index (χ1n) is 6.76. The summed E-state index contributed by atoms with van der Waals surface area (Å²) in [7, 11) is 0. The van der Waals surface area contributed by atoms with Crippen LogP contribution < -0.4 is 5.32 Å². The van der Waals surface area contributed by atoms with Crippen molar-refractivity contribution in [1.29, 1.82) is 0 Å². The molecule has 0 saturated heterocycles. The molecule has 0 bridgehead atoms. The highest BCUT2D eigenvalue weighted by atomic mass is 15.1. The summed E-state index contributed by atoms with van der Waals surface area (Å²) < 4.78 is 2.18. The van der Waals surface area contributed by atoms with Gasteiger partial charge in [0.1, 0.15) is 0 Å². The van der Waals surface area contributed by atoms with E-state index < -0.39 is 0 Å². The van der Waals surface area contributed by atoms with Crippen molar-refractivity contribution in [2.75, 3.05) is 6.54 Å². The highest BCUT2D eigenvalue weighted by Crippen LogP contribution is 2.09. The Morgan fingerprint density at radius 1 is 1.26 bits per heavy atom. The lowest BCUT2D eigenvalue weighted by Crippen LogP contribution is -2.21. The van der Waals surface area contributed by atoms with Crippen LogP contribution in [0.4, 0.5) is 0 Å². The minimum Gasteiger partial charge on any atom is -0.329 e. The summed E-state index contributed by atoms with van der Waals surface area (Å²) in [5, 5.41) is 3.45. The van der Waals surface area contributed by atoms with Gasteiger partial charge in [0.05, 0.1) is 18.6 Å². The largest absolute Gasteiger partial charge is 0.329 e. The minimum atomic E-state index is 0.664. The van der Waals surface area contributed by atoms with Crippen LogP contribution >= 0.6 is 0 Å². The Hall–Kier alpha value is -1.68. The molecule has 4 nitrogen and oxygen atoms in total. The highest BCUT2D eigenvalue weighted by molar-refractivity contribution is 5.22. The summed E-state index contributed by atoms with van der Waals surface area (Å²) in [6.07, 6.45) is 7.58. The fraction of sp³-hybridized carbons (Fsp3) is 0.467. The zero-order valence-corrected chi connectivity index (χ0v) is 11.9. The molecule has 0 unspecified atom stereocenters. The molecule has 2 rings (SSSR count). The third-order valence-electron chi connectivity index (χ3n) is 3.15. The average Bonchev–Trinajstić information content (AvgIpc) is 2.79. The molecule has 0 radical (unpaired) electrons. The summed E-state index contributed by atoms with van der Waals surface area (Å²) in [5.41, 5.74) is 3.72. The predicted molar refractivity (Wildman–Crippen MR) is 76.8 cm³/mol. The van der Waals surface area contributed by atoms with Crippen LogP contribution in [0.2, 0.25) is 0 Å². The third-order valence-corrected chi connectivity index (χ3v) is 3.15. The molecule has 2 aromatic rings. The molecule has 19 heavy (non-hydrogen) atoms. The van der Waals surface area contributed by atoms with E-state index in [2.05, 4.69) is 40.6 Å². The number of rotatable bonds is 6. The summed E-state index contributed by atoms with van der Waals surface area (Å²) in [6.45, 7) is 9.25. The lowest BCUT2D eigenvalue weighted by Gasteiger charge is -2.11. The molecule has 0 aliphatic rings. The highest BCUT2D eigenvalue weighted by Gasteiger charge is 2.05. The van der Waals surface area contributed by atoms with Gasteiger partial charge in [-0.2, -0.15) is 0 Å². The van der Waals surface area contributed by atoms with Crippen molar-refractivity contribution >= 4 is 0 Å². The van der Waals surface area contributed by atoms with Gasteiger partial charge in [-0.05, 0) is 36.6 Å². The van der Waals surface area contributed by atoms with Crippen LogP contribution in [-0.4, -0.2) is 21.1 Å². The van der Waals surface area contributed by atoms with Gasteiger partial charge in [-0.1, -0.05) is 13.8 Å². The molecule has 2 aromatic heterocycles. The van der Waals surface area contributed by atoms with E-state index in [1.807, 2.05) is 31.0 Å². The first kappa shape index (κ1) is 13.7. The van der Waals surface area contributed by atoms with E-state index in [0.717, 1.165) is 19.6 Å². The van der Waals surface area contributed by atoms with Gasteiger partial charge in [0.2, 0.25) is 0 Å². The smallest absolute Gasteiger partial charge is 0.0951 e. The summed E-state index contributed by atoms with van der Waals surface area (Å²) in [5.74, 6) is 0.664. The number of aromatic nitrogens is 3. The SMILES string of the molecule is Cc1ccncc1Cn1cncc1CNCC(C)C. The topological polar surface area (TPSA) is 42.7 Å². The van der Waals surface area contributed by atoms with E-state index in [4.69, 9.17) is 0 Å². The van der Waals surface area contributed by atoms with Crippen molar-refractivity contribution in [3.8, 4) is 0 Å². The number of nitrogens with zero attached hydrogens (tertiary/aromatic N) is 3. The minimum absolute atomic E-state index is 0.664. The van der Waals surface area contributed by atoms with Crippen LogP contribution in [0.3, 0.4) is 0 Å². The second kappa shape index (κ2) is 6.48. The van der Waals surface area contributed by atoms with Gasteiger partial charge in [-0.15, -0.1) is 0 Å². The molecular formula is C15H22N4.